The Hall–Kier alpha value is -1.82. The number of aromatic nitrogens is 2. The van der Waals surface area contributed by atoms with E-state index in [0.717, 1.165) is 12.8 Å². The Bertz CT molecular complexity index is 823. The molecule has 0 saturated carbocycles. The molecule has 1 aromatic heterocycles. The van der Waals surface area contributed by atoms with Gasteiger partial charge >= 0.3 is 0 Å². The van der Waals surface area contributed by atoms with Crippen LogP contribution in [0.15, 0.2) is 34.2 Å². The molecule has 3 rings (SSSR count). The zero-order valence-electron chi connectivity index (χ0n) is 15.1. The van der Waals surface area contributed by atoms with Crippen LogP contribution in [0.4, 0.5) is 0 Å². The largest absolute Gasteiger partial charge is 0.337 e. The molecule has 25 heavy (non-hydrogen) atoms. The third-order valence-corrected chi connectivity index (χ3v) is 5.91. The van der Waals surface area contributed by atoms with Crippen molar-refractivity contribution in [2.75, 3.05) is 5.75 Å². The third-order valence-electron chi connectivity index (χ3n) is 4.95. The highest BCUT2D eigenvalue weighted by atomic mass is 32.2. The molecule has 2 atom stereocenters. The van der Waals surface area contributed by atoms with Gasteiger partial charge in [0.15, 0.2) is 5.16 Å². The number of hydrogen-bond acceptors (Lipinski definition) is 4. The Labute approximate surface area is 152 Å². The number of likely N-dealkylation sites (tertiary alicyclic amines) is 1. The summed E-state index contributed by atoms with van der Waals surface area (Å²) in [5.74, 6) is 0.453. The van der Waals surface area contributed by atoms with Crippen molar-refractivity contribution in [1.29, 1.82) is 0 Å². The van der Waals surface area contributed by atoms with Crippen molar-refractivity contribution in [3.05, 3.63) is 34.6 Å². The van der Waals surface area contributed by atoms with Gasteiger partial charge in [0.2, 0.25) is 5.91 Å². The van der Waals surface area contributed by atoms with Gasteiger partial charge < -0.3 is 4.90 Å². The molecule has 0 unspecified atom stereocenters. The van der Waals surface area contributed by atoms with Crippen molar-refractivity contribution in [2.45, 2.75) is 63.8 Å². The summed E-state index contributed by atoms with van der Waals surface area (Å²) in [7, 11) is 0. The SMILES string of the molecule is CCn1c(SCC(=O)N2[C@H](C)CCC[C@@H]2C)nc2ccccc2c1=O. The molecule has 2 heterocycles. The van der Waals surface area contributed by atoms with E-state index in [1.807, 2.05) is 30.0 Å². The average Bonchev–Trinajstić information content (AvgIpc) is 2.60. The maximum Gasteiger partial charge on any atom is 0.262 e. The number of thioether (sulfide) groups is 1. The molecule has 5 nitrogen and oxygen atoms in total. The number of fused-ring (bicyclic) bond motifs is 1. The molecule has 1 aliphatic rings. The number of nitrogens with zero attached hydrogens (tertiary/aromatic N) is 3. The Kier molecular flexibility index (Phi) is 5.47. The lowest BCUT2D eigenvalue weighted by atomic mass is 9.98. The highest BCUT2D eigenvalue weighted by Gasteiger charge is 2.29. The lowest BCUT2D eigenvalue weighted by Crippen LogP contribution is -2.48. The van der Waals surface area contributed by atoms with Gasteiger partial charge in [-0.3, -0.25) is 14.2 Å². The molecule has 0 spiro atoms. The number of rotatable bonds is 4. The van der Waals surface area contributed by atoms with Gasteiger partial charge in [0.1, 0.15) is 0 Å². The molecule has 134 valence electrons. The highest BCUT2D eigenvalue weighted by molar-refractivity contribution is 7.99. The zero-order valence-corrected chi connectivity index (χ0v) is 15.9. The standard InChI is InChI=1S/C19H25N3O2S/c1-4-21-18(24)15-10-5-6-11-16(15)20-19(21)25-12-17(23)22-13(2)8-7-9-14(22)3/h5-6,10-11,13-14H,4,7-9,12H2,1-3H3/t13-,14+. The van der Waals surface area contributed by atoms with Crippen LogP contribution in [0.3, 0.4) is 0 Å². The second-order valence-corrected chi connectivity index (χ2v) is 7.62. The van der Waals surface area contributed by atoms with Gasteiger partial charge in [-0.05, 0) is 52.2 Å². The fourth-order valence-corrected chi connectivity index (χ4v) is 4.58. The van der Waals surface area contributed by atoms with Crippen LogP contribution in [0, 0.1) is 0 Å². The van der Waals surface area contributed by atoms with Crippen LogP contribution in [0.25, 0.3) is 10.9 Å². The van der Waals surface area contributed by atoms with Crippen LogP contribution in [0.1, 0.15) is 40.0 Å². The van der Waals surface area contributed by atoms with Crippen LogP contribution >= 0.6 is 11.8 Å². The summed E-state index contributed by atoms with van der Waals surface area (Å²) in [5.41, 5.74) is 0.648. The van der Waals surface area contributed by atoms with E-state index in [1.165, 1.54) is 18.2 Å². The molecular weight excluding hydrogens is 334 g/mol. The van der Waals surface area contributed by atoms with Gasteiger partial charge in [-0.1, -0.05) is 23.9 Å². The minimum Gasteiger partial charge on any atom is -0.337 e. The number of amides is 1. The van der Waals surface area contributed by atoms with E-state index in [4.69, 9.17) is 0 Å². The van der Waals surface area contributed by atoms with Crippen LogP contribution < -0.4 is 5.56 Å². The Morgan fingerprint density at radius 1 is 1.24 bits per heavy atom. The van der Waals surface area contributed by atoms with E-state index in [9.17, 15) is 9.59 Å². The van der Waals surface area contributed by atoms with E-state index in [2.05, 4.69) is 18.8 Å². The minimum atomic E-state index is -0.0391. The average molecular weight is 359 g/mol. The summed E-state index contributed by atoms with van der Waals surface area (Å²) in [6.07, 6.45) is 3.31. The molecule has 2 aromatic rings. The Morgan fingerprint density at radius 3 is 2.60 bits per heavy atom. The number of benzene rings is 1. The number of carbonyl (C=O) groups is 1. The van der Waals surface area contributed by atoms with Crippen molar-refractivity contribution in [3.63, 3.8) is 0 Å². The summed E-state index contributed by atoms with van der Waals surface area (Å²) >= 11 is 1.37. The minimum absolute atomic E-state index is 0.0391. The highest BCUT2D eigenvalue weighted by Crippen LogP contribution is 2.25. The molecule has 1 aliphatic heterocycles. The summed E-state index contributed by atoms with van der Waals surface area (Å²) < 4.78 is 1.66. The second-order valence-electron chi connectivity index (χ2n) is 6.68. The normalized spacial score (nSPS) is 20.8. The van der Waals surface area contributed by atoms with Crippen molar-refractivity contribution in [1.82, 2.24) is 14.5 Å². The summed E-state index contributed by atoms with van der Waals surface area (Å²) in [5, 5.41) is 1.25. The molecule has 0 N–H and O–H groups in total. The van der Waals surface area contributed by atoms with Crippen molar-refractivity contribution < 1.29 is 4.79 Å². The molecular formula is C19H25N3O2S. The second kappa shape index (κ2) is 7.60. The Balaban J connectivity index is 1.83. The lowest BCUT2D eigenvalue weighted by molar-refractivity contribution is -0.134. The molecule has 0 bridgehead atoms. The zero-order chi connectivity index (χ0) is 18.0. The van der Waals surface area contributed by atoms with E-state index in [0.29, 0.717) is 28.4 Å². The lowest BCUT2D eigenvalue weighted by Gasteiger charge is -2.39. The number of hydrogen-bond donors (Lipinski definition) is 0. The molecule has 1 fully saturated rings. The molecule has 0 aliphatic carbocycles. The fourth-order valence-electron chi connectivity index (χ4n) is 3.65. The first-order valence-electron chi connectivity index (χ1n) is 8.96. The fraction of sp³-hybridized carbons (Fsp3) is 0.526. The first-order valence-corrected chi connectivity index (χ1v) is 9.95. The van der Waals surface area contributed by atoms with Gasteiger partial charge in [0.05, 0.1) is 16.7 Å². The van der Waals surface area contributed by atoms with Crippen LogP contribution in [-0.4, -0.2) is 38.2 Å². The number of carbonyl (C=O) groups excluding carboxylic acids is 1. The van der Waals surface area contributed by atoms with E-state index in [-0.39, 0.29) is 23.6 Å². The third kappa shape index (κ3) is 3.59. The number of piperidine rings is 1. The first kappa shape index (κ1) is 18.0. The van der Waals surface area contributed by atoms with Gasteiger partial charge in [0, 0.05) is 18.6 Å². The summed E-state index contributed by atoms with van der Waals surface area (Å²) in [4.78, 5) is 32.0. The van der Waals surface area contributed by atoms with Crippen LogP contribution in [-0.2, 0) is 11.3 Å². The molecule has 0 radical (unpaired) electrons. The maximum absolute atomic E-state index is 12.7. The maximum atomic E-state index is 12.7. The topological polar surface area (TPSA) is 55.2 Å². The van der Waals surface area contributed by atoms with E-state index in [1.54, 1.807) is 10.6 Å². The van der Waals surface area contributed by atoms with Crippen LogP contribution in [0.5, 0.6) is 0 Å². The molecule has 6 heteroatoms. The van der Waals surface area contributed by atoms with Crippen molar-refractivity contribution in [3.8, 4) is 0 Å². The van der Waals surface area contributed by atoms with Gasteiger partial charge in [-0.2, -0.15) is 0 Å². The quantitative estimate of drug-likeness (QED) is 0.621. The van der Waals surface area contributed by atoms with E-state index < -0.39 is 0 Å². The van der Waals surface area contributed by atoms with Crippen molar-refractivity contribution >= 4 is 28.6 Å². The molecule has 1 aromatic carbocycles. The predicted molar refractivity (Wildman–Crippen MR) is 102 cm³/mol. The first-order chi connectivity index (χ1) is 12.0. The molecule has 1 saturated heterocycles. The van der Waals surface area contributed by atoms with Crippen molar-refractivity contribution in [2.24, 2.45) is 0 Å². The molecule has 1 amide bonds. The Morgan fingerprint density at radius 2 is 1.92 bits per heavy atom. The van der Waals surface area contributed by atoms with Crippen LogP contribution in [0.2, 0.25) is 0 Å². The van der Waals surface area contributed by atoms with Gasteiger partial charge in [-0.15, -0.1) is 0 Å². The van der Waals surface area contributed by atoms with Gasteiger partial charge in [0.25, 0.3) is 5.56 Å². The van der Waals surface area contributed by atoms with E-state index >= 15 is 0 Å². The number of para-hydroxylation sites is 1. The van der Waals surface area contributed by atoms with Gasteiger partial charge in [-0.25, -0.2) is 4.98 Å². The summed E-state index contributed by atoms with van der Waals surface area (Å²) in [6, 6.07) is 7.94. The smallest absolute Gasteiger partial charge is 0.262 e. The monoisotopic (exact) mass is 359 g/mol. The predicted octanol–water partition coefficient (Wildman–Crippen LogP) is 3.30. The summed E-state index contributed by atoms with van der Waals surface area (Å²) in [6.45, 7) is 6.71.